The van der Waals surface area contributed by atoms with Crippen molar-refractivity contribution in [2.45, 2.75) is 11.8 Å². The third-order valence-electron chi connectivity index (χ3n) is 4.28. The average Bonchev–Trinajstić information content (AvgIpc) is 3.03. The molecule has 4 nitrogen and oxygen atoms in total. The number of nitrogens with one attached hydrogen (secondary N) is 1. The second kappa shape index (κ2) is 7.88. The van der Waals surface area contributed by atoms with Crippen LogP contribution in [0.5, 0.6) is 0 Å². The van der Waals surface area contributed by atoms with Crippen LogP contribution in [-0.4, -0.2) is 33.7 Å². The van der Waals surface area contributed by atoms with Gasteiger partial charge in [-0.15, -0.1) is 0 Å². The van der Waals surface area contributed by atoms with E-state index in [0.29, 0.717) is 15.1 Å². The highest BCUT2D eigenvalue weighted by atomic mass is 79.9. The Labute approximate surface area is 180 Å². The molecule has 0 unspecified atom stereocenters. The van der Waals surface area contributed by atoms with Crippen molar-refractivity contribution in [2.75, 3.05) is 0 Å². The van der Waals surface area contributed by atoms with Gasteiger partial charge in [-0.1, -0.05) is 51.8 Å². The van der Waals surface area contributed by atoms with Gasteiger partial charge in [-0.25, -0.2) is 4.79 Å². The number of Topliss-reactive ketones (excluding diaryl/α,β-unsaturated/α-hetero) is 1. The van der Waals surface area contributed by atoms with Gasteiger partial charge in [0, 0.05) is 20.4 Å². The van der Waals surface area contributed by atoms with E-state index in [9.17, 15) is 27.2 Å². The standard InChI is InChI=1S/C20H11BrClF4NO3/c21-11-4-7-13-15(9-11)27-14(8-3-10-1-5-12(22)6-2-10)16(13)17(28)19(23,24)20(25,26)18(29)30/h1-9,27H,(H,29,30). The van der Waals surface area contributed by atoms with Crippen LogP contribution in [0.4, 0.5) is 17.6 Å². The molecule has 156 valence electrons. The molecule has 0 spiro atoms. The van der Waals surface area contributed by atoms with Crippen LogP contribution in [0.3, 0.4) is 0 Å². The molecule has 3 aromatic rings. The Morgan fingerprint density at radius 1 is 1.00 bits per heavy atom. The predicted octanol–water partition coefficient (Wildman–Crippen LogP) is 6.29. The number of hydrogen-bond donors (Lipinski definition) is 2. The molecule has 1 aromatic heterocycles. The molecular formula is C20H11BrClF4NO3. The lowest BCUT2D eigenvalue weighted by Gasteiger charge is -2.21. The molecule has 0 aliphatic carbocycles. The highest BCUT2D eigenvalue weighted by molar-refractivity contribution is 9.10. The number of hydrogen-bond acceptors (Lipinski definition) is 2. The number of rotatable bonds is 6. The summed E-state index contributed by atoms with van der Waals surface area (Å²) >= 11 is 9.00. The minimum atomic E-state index is -5.58. The molecule has 0 aliphatic heterocycles. The van der Waals surface area contributed by atoms with E-state index in [-0.39, 0.29) is 16.6 Å². The number of benzene rings is 2. The average molecular weight is 505 g/mol. The van der Waals surface area contributed by atoms with Crippen molar-refractivity contribution in [2.24, 2.45) is 0 Å². The first kappa shape index (κ1) is 22.0. The van der Waals surface area contributed by atoms with Crippen LogP contribution in [0.2, 0.25) is 5.02 Å². The van der Waals surface area contributed by atoms with E-state index in [1.54, 1.807) is 24.3 Å². The molecule has 2 aromatic carbocycles. The maximum atomic E-state index is 14.3. The summed E-state index contributed by atoms with van der Waals surface area (Å²) in [6, 6.07) is 10.6. The van der Waals surface area contributed by atoms with E-state index in [0.717, 1.165) is 0 Å². The summed E-state index contributed by atoms with van der Waals surface area (Å²) < 4.78 is 56.3. The van der Waals surface area contributed by atoms with Gasteiger partial charge in [0.15, 0.2) is 0 Å². The number of halogens is 6. The van der Waals surface area contributed by atoms with Gasteiger partial charge in [0.2, 0.25) is 5.78 Å². The topological polar surface area (TPSA) is 70.2 Å². The van der Waals surface area contributed by atoms with Crippen molar-refractivity contribution in [3.63, 3.8) is 0 Å². The summed E-state index contributed by atoms with van der Waals surface area (Å²) in [5, 5.41) is 8.91. The minimum Gasteiger partial charge on any atom is -0.477 e. The lowest BCUT2D eigenvalue weighted by Crippen LogP contribution is -2.52. The zero-order valence-corrected chi connectivity index (χ0v) is 17.1. The van der Waals surface area contributed by atoms with Crippen molar-refractivity contribution >= 4 is 62.3 Å². The van der Waals surface area contributed by atoms with Crippen molar-refractivity contribution in [3.8, 4) is 0 Å². The fraction of sp³-hybridized carbons (Fsp3) is 0.100. The van der Waals surface area contributed by atoms with Crippen molar-refractivity contribution < 1.29 is 32.3 Å². The van der Waals surface area contributed by atoms with Crippen LogP contribution in [0.15, 0.2) is 46.9 Å². The maximum Gasteiger partial charge on any atom is 0.412 e. The quantitative estimate of drug-likeness (QED) is 0.306. The van der Waals surface area contributed by atoms with Gasteiger partial charge in [0.25, 0.3) is 0 Å². The van der Waals surface area contributed by atoms with E-state index >= 15 is 0 Å². The number of alkyl halides is 4. The molecule has 0 saturated carbocycles. The third-order valence-corrected chi connectivity index (χ3v) is 5.02. The smallest absolute Gasteiger partial charge is 0.412 e. The number of aromatic amines is 1. The third kappa shape index (κ3) is 3.87. The summed E-state index contributed by atoms with van der Waals surface area (Å²) in [6.07, 6.45) is 2.72. The van der Waals surface area contributed by atoms with Gasteiger partial charge in [-0.3, -0.25) is 4.79 Å². The molecule has 0 amide bonds. The van der Waals surface area contributed by atoms with Crippen LogP contribution in [0, 0.1) is 0 Å². The Morgan fingerprint density at radius 2 is 1.63 bits per heavy atom. The van der Waals surface area contributed by atoms with Crippen LogP contribution in [-0.2, 0) is 4.79 Å². The molecule has 0 aliphatic rings. The molecule has 0 bridgehead atoms. The summed E-state index contributed by atoms with van der Waals surface area (Å²) in [4.78, 5) is 25.9. The normalized spacial score (nSPS) is 12.6. The molecule has 0 atom stereocenters. The second-order valence-electron chi connectivity index (χ2n) is 6.27. The molecule has 0 fully saturated rings. The molecule has 10 heteroatoms. The highest BCUT2D eigenvalue weighted by Crippen LogP contribution is 2.40. The van der Waals surface area contributed by atoms with E-state index in [1.807, 2.05) is 0 Å². The lowest BCUT2D eigenvalue weighted by atomic mass is 9.97. The number of carboxylic acids is 1. The van der Waals surface area contributed by atoms with Crippen LogP contribution >= 0.6 is 27.5 Å². The van der Waals surface area contributed by atoms with Gasteiger partial charge < -0.3 is 10.1 Å². The number of carbonyl (C=O) groups is 2. The number of aliphatic carboxylic acids is 1. The minimum absolute atomic E-state index is 0.0557. The van der Waals surface area contributed by atoms with E-state index < -0.39 is 29.2 Å². The SMILES string of the molecule is O=C(O)C(F)(F)C(F)(F)C(=O)c1c(C=Cc2ccc(Cl)cc2)[nH]c2cc(Br)ccc12. The predicted molar refractivity (Wildman–Crippen MR) is 108 cm³/mol. The zero-order chi connectivity index (χ0) is 22.3. The molecular weight excluding hydrogens is 494 g/mol. The highest BCUT2D eigenvalue weighted by Gasteiger charge is 2.67. The Kier molecular flexibility index (Phi) is 5.79. The molecule has 1 heterocycles. The fourth-order valence-electron chi connectivity index (χ4n) is 2.75. The van der Waals surface area contributed by atoms with Gasteiger partial charge in [0.1, 0.15) is 0 Å². The van der Waals surface area contributed by atoms with Crippen molar-refractivity contribution in [1.29, 1.82) is 0 Å². The Balaban J connectivity index is 2.17. The molecule has 3 rings (SSSR count). The van der Waals surface area contributed by atoms with Gasteiger partial charge in [-0.2, -0.15) is 17.6 Å². The lowest BCUT2D eigenvalue weighted by molar-refractivity contribution is -0.206. The van der Waals surface area contributed by atoms with Crippen molar-refractivity contribution in [1.82, 2.24) is 4.98 Å². The molecule has 0 saturated heterocycles. The van der Waals surface area contributed by atoms with Crippen LogP contribution in [0.1, 0.15) is 21.6 Å². The van der Waals surface area contributed by atoms with Crippen LogP contribution in [0.25, 0.3) is 23.1 Å². The summed E-state index contributed by atoms with van der Waals surface area (Å²) in [7, 11) is 0. The number of H-pyrrole nitrogens is 1. The zero-order valence-electron chi connectivity index (χ0n) is 14.7. The van der Waals surface area contributed by atoms with E-state index in [4.69, 9.17) is 16.7 Å². The molecule has 30 heavy (non-hydrogen) atoms. The van der Waals surface area contributed by atoms with Crippen molar-refractivity contribution in [3.05, 3.63) is 68.8 Å². The fourth-order valence-corrected chi connectivity index (χ4v) is 3.23. The molecule has 2 N–H and O–H groups in total. The number of carboxylic acid groups (broad SMARTS) is 1. The Bertz CT molecular complexity index is 1170. The van der Waals surface area contributed by atoms with E-state index in [2.05, 4.69) is 20.9 Å². The van der Waals surface area contributed by atoms with Gasteiger partial charge in [0.05, 0.1) is 11.3 Å². The summed E-state index contributed by atoms with van der Waals surface area (Å²) in [5.74, 6) is -16.5. The Hall–Kier alpha value is -2.65. The number of carbonyl (C=O) groups excluding carboxylic acids is 1. The first-order chi connectivity index (χ1) is 13.9. The maximum absolute atomic E-state index is 14.3. The first-order valence-corrected chi connectivity index (χ1v) is 9.41. The number of aromatic nitrogens is 1. The van der Waals surface area contributed by atoms with E-state index in [1.165, 1.54) is 30.4 Å². The van der Waals surface area contributed by atoms with Gasteiger partial charge in [-0.05, 0) is 35.9 Å². The monoisotopic (exact) mass is 503 g/mol. The first-order valence-electron chi connectivity index (χ1n) is 8.24. The summed E-state index contributed by atoms with van der Waals surface area (Å²) in [6.45, 7) is 0. The Morgan fingerprint density at radius 3 is 2.23 bits per heavy atom. The van der Waals surface area contributed by atoms with Gasteiger partial charge >= 0.3 is 17.8 Å². The summed E-state index contributed by atoms with van der Waals surface area (Å²) in [5.41, 5.74) is -0.101. The largest absolute Gasteiger partial charge is 0.477 e. The van der Waals surface area contributed by atoms with Crippen LogP contribution < -0.4 is 0 Å². The number of ketones is 1. The molecule has 0 radical (unpaired) electrons. The second-order valence-corrected chi connectivity index (χ2v) is 7.62. The number of fused-ring (bicyclic) bond motifs is 1.